The molecule has 6 heteroatoms. The molecule has 1 aliphatic carbocycles. The molecule has 2 aliphatic rings. The fraction of sp³-hybridized carbons (Fsp3) is 0.407. The lowest BCUT2D eigenvalue weighted by Gasteiger charge is -2.34. The molecule has 2 amide bonds. The van der Waals surface area contributed by atoms with E-state index in [1.807, 2.05) is 64.4 Å². The van der Waals surface area contributed by atoms with Gasteiger partial charge in [-0.25, -0.2) is 0 Å². The number of ether oxygens (including phenoxy) is 2. The average Bonchev–Trinajstić information content (AvgIpc) is 3.71. The maximum Gasteiger partial charge on any atom is 0.246 e. The number of piperidine rings is 1. The number of methoxy groups -OCH3 is 2. The predicted octanol–water partition coefficient (Wildman–Crippen LogP) is 4.15. The molecule has 0 aromatic heterocycles. The zero-order valence-electron chi connectivity index (χ0n) is 19.4. The van der Waals surface area contributed by atoms with Crippen molar-refractivity contribution in [2.24, 2.45) is 5.92 Å². The van der Waals surface area contributed by atoms with Crippen LogP contribution in [0.25, 0.3) is 6.08 Å². The van der Waals surface area contributed by atoms with Crippen molar-refractivity contribution in [1.29, 1.82) is 0 Å². The molecule has 4 rings (SSSR count). The van der Waals surface area contributed by atoms with Crippen LogP contribution < -0.4 is 9.47 Å². The first-order valence-corrected chi connectivity index (χ1v) is 11.6. The topological polar surface area (TPSA) is 59.1 Å². The molecule has 0 atom stereocenters. The highest BCUT2D eigenvalue weighted by atomic mass is 16.5. The number of rotatable bonds is 8. The van der Waals surface area contributed by atoms with E-state index < -0.39 is 0 Å². The lowest BCUT2D eigenvalue weighted by molar-refractivity contribution is -0.140. The van der Waals surface area contributed by atoms with Crippen LogP contribution >= 0.6 is 0 Å². The highest BCUT2D eigenvalue weighted by Crippen LogP contribution is 2.34. The molecule has 174 valence electrons. The molecular weight excluding hydrogens is 416 g/mol. The van der Waals surface area contributed by atoms with Crippen LogP contribution in [0.1, 0.15) is 36.8 Å². The van der Waals surface area contributed by atoms with E-state index in [1.54, 1.807) is 20.3 Å². The van der Waals surface area contributed by atoms with Crippen LogP contribution in [-0.2, 0) is 16.1 Å². The van der Waals surface area contributed by atoms with E-state index in [2.05, 4.69) is 0 Å². The van der Waals surface area contributed by atoms with Gasteiger partial charge in [-0.1, -0.05) is 30.3 Å². The van der Waals surface area contributed by atoms with E-state index in [4.69, 9.17) is 9.47 Å². The standard InChI is InChI=1S/C27H32N2O4/c1-32-24-11-12-25(33-2)22(18-24)19-29(23-9-10-23)27(31)21-14-16-28(17-15-21)26(30)13-8-20-6-4-3-5-7-20/h3-8,11-13,18,21,23H,9-10,14-17,19H2,1-2H3/b13-8+. The summed E-state index contributed by atoms with van der Waals surface area (Å²) in [5.41, 5.74) is 1.96. The molecule has 2 fully saturated rings. The Balaban J connectivity index is 1.37. The molecule has 1 saturated carbocycles. The third kappa shape index (κ3) is 5.75. The molecule has 1 aliphatic heterocycles. The summed E-state index contributed by atoms with van der Waals surface area (Å²) in [5.74, 6) is 1.66. The second-order valence-corrected chi connectivity index (χ2v) is 8.72. The summed E-state index contributed by atoms with van der Waals surface area (Å²) in [6, 6.07) is 15.8. The van der Waals surface area contributed by atoms with Crippen LogP contribution in [0.15, 0.2) is 54.6 Å². The van der Waals surface area contributed by atoms with Crippen molar-refractivity contribution in [3.63, 3.8) is 0 Å². The highest BCUT2D eigenvalue weighted by molar-refractivity contribution is 5.92. The minimum atomic E-state index is -0.0515. The van der Waals surface area contributed by atoms with Gasteiger partial charge < -0.3 is 19.3 Å². The third-order valence-corrected chi connectivity index (χ3v) is 6.47. The number of nitrogens with zero attached hydrogens (tertiary/aromatic N) is 2. The van der Waals surface area contributed by atoms with Crippen molar-refractivity contribution in [3.05, 3.63) is 65.7 Å². The Morgan fingerprint density at radius 3 is 2.36 bits per heavy atom. The molecule has 6 nitrogen and oxygen atoms in total. The first-order chi connectivity index (χ1) is 16.1. The molecule has 0 N–H and O–H groups in total. The Labute approximate surface area is 195 Å². The fourth-order valence-corrected chi connectivity index (χ4v) is 4.38. The van der Waals surface area contributed by atoms with Gasteiger partial charge in [0, 0.05) is 43.2 Å². The van der Waals surface area contributed by atoms with Gasteiger partial charge in [0.15, 0.2) is 0 Å². The van der Waals surface area contributed by atoms with E-state index in [0.29, 0.717) is 38.5 Å². The monoisotopic (exact) mass is 448 g/mol. The van der Waals surface area contributed by atoms with E-state index in [-0.39, 0.29) is 17.7 Å². The number of carbonyl (C=O) groups is 2. The third-order valence-electron chi connectivity index (χ3n) is 6.47. The summed E-state index contributed by atoms with van der Waals surface area (Å²) in [6.07, 6.45) is 6.95. The number of hydrogen-bond acceptors (Lipinski definition) is 4. The summed E-state index contributed by atoms with van der Waals surface area (Å²) < 4.78 is 10.9. The molecule has 0 bridgehead atoms. The molecule has 33 heavy (non-hydrogen) atoms. The van der Waals surface area contributed by atoms with Crippen molar-refractivity contribution in [3.8, 4) is 11.5 Å². The largest absolute Gasteiger partial charge is 0.497 e. The summed E-state index contributed by atoms with van der Waals surface area (Å²) in [6.45, 7) is 1.73. The predicted molar refractivity (Wildman–Crippen MR) is 128 cm³/mol. The number of benzene rings is 2. The first kappa shape index (κ1) is 22.9. The van der Waals surface area contributed by atoms with Crippen LogP contribution in [0.2, 0.25) is 0 Å². The molecule has 2 aromatic rings. The van der Waals surface area contributed by atoms with Gasteiger partial charge in [-0.15, -0.1) is 0 Å². The number of amides is 2. The van der Waals surface area contributed by atoms with Crippen LogP contribution in [0, 0.1) is 5.92 Å². The molecule has 0 radical (unpaired) electrons. The maximum atomic E-state index is 13.5. The second kappa shape index (κ2) is 10.6. The Bertz CT molecular complexity index is 992. The minimum Gasteiger partial charge on any atom is -0.497 e. The van der Waals surface area contributed by atoms with Crippen LogP contribution in [0.3, 0.4) is 0 Å². The first-order valence-electron chi connectivity index (χ1n) is 11.6. The smallest absolute Gasteiger partial charge is 0.246 e. The number of hydrogen-bond donors (Lipinski definition) is 0. The Kier molecular flexibility index (Phi) is 7.33. The summed E-state index contributed by atoms with van der Waals surface area (Å²) in [7, 11) is 3.28. The van der Waals surface area contributed by atoms with Gasteiger partial charge in [-0.2, -0.15) is 0 Å². The van der Waals surface area contributed by atoms with Gasteiger partial charge in [-0.05, 0) is 55.5 Å². The number of likely N-dealkylation sites (tertiary alicyclic amines) is 1. The van der Waals surface area contributed by atoms with Gasteiger partial charge in [0.1, 0.15) is 11.5 Å². The molecule has 2 aromatic carbocycles. The van der Waals surface area contributed by atoms with Crippen LogP contribution in [0.4, 0.5) is 0 Å². The van der Waals surface area contributed by atoms with Crippen molar-refractivity contribution < 1.29 is 19.1 Å². The lowest BCUT2D eigenvalue weighted by atomic mass is 9.94. The average molecular weight is 449 g/mol. The van der Waals surface area contributed by atoms with Gasteiger partial charge in [0.25, 0.3) is 0 Å². The normalized spacial score (nSPS) is 16.6. The second-order valence-electron chi connectivity index (χ2n) is 8.72. The molecule has 0 unspecified atom stereocenters. The highest BCUT2D eigenvalue weighted by Gasteiger charge is 2.37. The zero-order valence-corrected chi connectivity index (χ0v) is 19.4. The summed E-state index contributed by atoms with van der Waals surface area (Å²) >= 11 is 0. The quantitative estimate of drug-likeness (QED) is 0.570. The Morgan fingerprint density at radius 2 is 1.73 bits per heavy atom. The van der Waals surface area contributed by atoms with Crippen molar-refractivity contribution in [1.82, 2.24) is 9.80 Å². The summed E-state index contributed by atoms with van der Waals surface area (Å²) in [4.78, 5) is 29.9. The molecular formula is C27H32N2O4. The van der Waals surface area contributed by atoms with Gasteiger partial charge in [0.2, 0.25) is 11.8 Å². The van der Waals surface area contributed by atoms with Crippen molar-refractivity contribution in [2.75, 3.05) is 27.3 Å². The van der Waals surface area contributed by atoms with Gasteiger partial charge >= 0.3 is 0 Å². The zero-order chi connectivity index (χ0) is 23.2. The maximum absolute atomic E-state index is 13.5. The molecule has 1 heterocycles. The van der Waals surface area contributed by atoms with E-state index >= 15 is 0 Å². The Morgan fingerprint density at radius 1 is 1.00 bits per heavy atom. The van der Waals surface area contributed by atoms with Gasteiger partial charge in [-0.3, -0.25) is 9.59 Å². The van der Waals surface area contributed by atoms with Gasteiger partial charge in [0.05, 0.1) is 14.2 Å². The van der Waals surface area contributed by atoms with E-state index in [0.717, 1.165) is 35.5 Å². The fourth-order valence-electron chi connectivity index (χ4n) is 4.38. The van der Waals surface area contributed by atoms with Crippen LogP contribution in [0.5, 0.6) is 11.5 Å². The van der Waals surface area contributed by atoms with Crippen molar-refractivity contribution >= 4 is 17.9 Å². The Hall–Kier alpha value is -3.28. The molecule has 1 saturated heterocycles. The van der Waals surface area contributed by atoms with E-state index in [1.165, 1.54) is 0 Å². The van der Waals surface area contributed by atoms with E-state index in [9.17, 15) is 9.59 Å². The van der Waals surface area contributed by atoms with Crippen molar-refractivity contribution in [2.45, 2.75) is 38.3 Å². The lowest BCUT2D eigenvalue weighted by Crippen LogP contribution is -2.44. The van der Waals surface area contributed by atoms with Crippen LogP contribution in [-0.4, -0.2) is 55.0 Å². The SMILES string of the molecule is COc1ccc(OC)c(CN(C(=O)C2CCN(C(=O)/C=C/c3ccccc3)CC2)C2CC2)c1. The minimum absolute atomic E-state index is 0.00455. The number of carbonyl (C=O) groups excluding carboxylic acids is 2. The molecule has 0 spiro atoms. The summed E-state index contributed by atoms with van der Waals surface area (Å²) in [5, 5.41) is 0.